The zero-order valence-corrected chi connectivity index (χ0v) is 11.9. The maximum Gasteiger partial charge on any atom is 0.251 e. The van der Waals surface area contributed by atoms with Crippen LogP contribution in [-0.4, -0.2) is 34.9 Å². The molecule has 0 saturated carbocycles. The van der Waals surface area contributed by atoms with E-state index in [9.17, 15) is 4.79 Å². The van der Waals surface area contributed by atoms with Gasteiger partial charge in [0.05, 0.1) is 19.2 Å². The van der Waals surface area contributed by atoms with Gasteiger partial charge in [-0.05, 0) is 30.5 Å². The summed E-state index contributed by atoms with van der Waals surface area (Å²) in [7, 11) is 0. The van der Waals surface area contributed by atoms with Crippen molar-refractivity contribution in [3.63, 3.8) is 0 Å². The molecule has 1 aromatic heterocycles. The molecule has 1 N–H and O–H groups in total. The van der Waals surface area contributed by atoms with Crippen molar-refractivity contribution in [3.8, 4) is 0 Å². The third-order valence-corrected chi connectivity index (χ3v) is 3.65. The predicted molar refractivity (Wildman–Crippen MR) is 79.1 cm³/mol. The second kappa shape index (κ2) is 6.54. The van der Waals surface area contributed by atoms with Gasteiger partial charge in [-0.15, -0.1) is 0 Å². The molecule has 0 bridgehead atoms. The fourth-order valence-corrected chi connectivity index (χ4v) is 2.57. The zero-order valence-electron chi connectivity index (χ0n) is 11.9. The van der Waals surface area contributed by atoms with Crippen molar-refractivity contribution in [2.24, 2.45) is 0 Å². The van der Waals surface area contributed by atoms with Crippen molar-refractivity contribution in [1.29, 1.82) is 0 Å². The number of amides is 1. The number of aromatic nitrogens is 2. The SMILES string of the molecule is O=C(N[C@@H]1CCCOC1)c1ccccc1Cn1cccn1. The smallest absolute Gasteiger partial charge is 0.251 e. The van der Waals surface area contributed by atoms with Gasteiger partial charge in [0.15, 0.2) is 0 Å². The molecule has 0 spiro atoms. The first-order valence-corrected chi connectivity index (χ1v) is 7.27. The van der Waals surface area contributed by atoms with Crippen molar-refractivity contribution in [3.05, 3.63) is 53.9 Å². The monoisotopic (exact) mass is 285 g/mol. The van der Waals surface area contributed by atoms with Crippen LogP contribution < -0.4 is 5.32 Å². The molecule has 0 radical (unpaired) electrons. The normalized spacial score (nSPS) is 18.4. The van der Waals surface area contributed by atoms with E-state index in [4.69, 9.17) is 4.74 Å². The Labute approximate surface area is 123 Å². The van der Waals surface area contributed by atoms with Crippen LogP contribution in [0, 0.1) is 0 Å². The first-order valence-electron chi connectivity index (χ1n) is 7.27. The minimum atomic E-state index is -0.0340. The van der Waals surface area contributed by atoms with Gasteiger partial charge < -0.3 is 10.1 Å². The van der Waals surface area contributed by atoms with Crippen molar-refractivity contribution >= 4 is 5.91 Å². The number of nitrogens with one attached hydrogen (secondary N) is 1. The Morgan fingerprint density at radius 1 is 1.38 bits per heavy atom. The Morgan fingerprint density at radius 2 is 2.29 bits per heavy atom. The average Bonchev–Trinajstić information content (AvgIpc) is 3.02. The van der Waals surface area contributed by atoms with E-state index < -0.39 is 0 Å². The van der Waals surface area contributed by atoms with Crippen molar-refractivity contribution in [1.82, 2.24) is 15.1 Å². The first-order chi connectivity index (χ1) is 10.3. The Morgan fingerprint density at radius 3 is 3.05 bits per heavy atom. The lowest BCUT2D eigenvalue weighted by atomic mass is 10.1. The molecule has 1 aromatic carbocycles. The van der Waals surface area contributed by atoms with Gasteiger partial charge in [0.2, 0.25) is 0 Å². The van der Waals surface area contributed by atoms with Crippen LogP contribution in [0.1, 0.15) is 28.8 Å². The molecule has 1 aliphatic rings. The number of benzene rings is 1. The molecule has 2 heterocycles. The molecule has 5 nitrogen and oxygen atoms in total. The van der Waals surface area contributed by atoms with Crippen LogP contribution in [0.25, 0.3) is 0 Å². The molecule has 1 amide bonds. The first kappa shape index (κ1) is 13.8. The van der Waals surface area contributed by atoms with Crippen LogP contribution in [0.15, 0.2) is 42.7 Å². The van der Waals surface area contributed by atoms with E-state index in [0.29, 0.717) is 18.7 Å². The van der Waals surface area contributed by atoms with Crippen LogP contribution >= 0.6 is 0 Å². The maximum atomic E-state index is 12.5. The molecule has 1 aliphatic heterocycles. The van der Waals surface area contributed by atoms with Gasteiger partial charge in [-0.1, -0.05) is 18.2 Å². The third-order valence-electron chi connectivity index (χ3n) is 3.65. The van der Waals surface area contributed by atoms with E-state index in [2.05, 4.69) is 10.4 Å². The lowest BCUT2D eigenvalue weighted by Crippen LogP contribution is -2.41. The summed E-state index contributed by atoms with van der Waals surface area (Å²) < 4.78 is 7.22. The average molecular weight is 285 g/mol. The van der Waals surface area contributed by atoms with Gasteiger partial charge in [0.25, 0.3) is 5.91 Å². The summed E-state index contributed by atoms with van der Waals surface area (Å²) in [5, 5.41) is 7.25. The highest BCUT2D eigenvalue weighted by Gasteiger charge is 2.18. The minimum Gasteiger partial charge on any atom is -0.379 e. The van der Waals surface area contributed by atoms with Gasteiger partial charge >= 0.3 is 0 Å². The highest BCUT2D eigenvalue weighted by Crippen LogP contribution is 2.12. The molecular weight excluding hydrogens is 266 g/mol. The number of ether oxygens (including phenoxy) is 1. The summed E-state index contributed by atoms with van der Waals surface area (Å²) in [4.78, 5) is 12.5. The second-order valence-electron chi connectivity index (χ2n) is 5.25. The second-order valence-corrected chi connectivity index (χ2v) is 5.25. The van der Waals surface area contributed by atoms with E-state index in [-0.39, 0.29) is 11.9 Å². The van der Waals surface area contributed by atoms with Gasteiger partial charge in [-0.25, -0.2) is 0 Å². The van der Waals surface area contributed by atoms with Gasteiger partial charge in [-0.2, -0.15) is 5.10 Å². The molecule has 1 fully saturated rings. The molecule has 21 heavy (non-hydrogen) atoms. The van der Waals surface area contributed by atoms with E-state index in [1.165, 1.54) is 0 Å². The third kappa shape index (κ3) is 3.49. The maximum absolute atomic E-state index is 12.5. The Kier molecular flexibility index (Phi) is 4.31. The number of rotatable bonds is 4. The van der Waals surface area contributed by atoms with Crippen molar-refractivity contribution in [2.45, 2.75) is 25.4 Å². The van der Waals surface area contributed by atoms with Crippen molar-refractivity contribution in [2.75, 3.05) is 13.2 Å². The van der Waals surface area contributed by atoms with Crippen LogP contribution in [0.4, 0.5) is 0 Å². The van der Waals surface area contributed by atoms with Crippen LogP contribution in [0.5, 0.6) is 0 Å². The molecule has 2 aromatic rings. The minimum absolute atomic E-state index is 0.0340. The highest BCUT2D eigenvalue weighted by molar-refractivity contribution is 5.95. The topological polar surface area (TPSA) is 56.1 Å². The summed E-state index contributed by atoms with van der Waals surface area (Å²) >= 11 is 0. The summed E-state index contributed by atoms with van der Waals surface area (Å²) in [6.07, 6.45) is 5.61. The molecular formula is C16H19N3O2. The Bertz CT molecular complexity index is 589. The Hall–Kier alpha value is -2.14. The van der Waals surface area contributed by atoms with Crippen LogP contribution in [0.2, 0.25) is 0 Å². The molecule has 3 rings (SSSR count). The fraction of sp³-hybridized carbons (Fsp3) is 0.375. The zero-order chi connectivity index (χ0) is 14.5. The van der Waals surface area contributed by atoms with Crippen LogP contribution in [0.3, 0.4) is 0 Å². The molecule has 5 heteroatoms. The molecule has 0 aliphatic carbocycles. The number of carbonyl (C=O) groups is 1. The predicted octanol–water partition coefficient (Wildman–Crippen LogP) is 1.84. The van der Waals surface area contributed by atoms with E-state index in [0.717, 1.165) is 25.0 Å². The number of nitrogens with zero attached hydrogens (tertiary/aromatic N) is 2. The van der Waals surface area contributed by atoms with Gasteiger partial charge in [0, 0.05) is 24.6 Å². The lowest BCUT2D eigenvalue weighted by molar-refractivity contribution is 0.0623. The van der Waals surface area contributed by atoms with Crippen molar-refractivity contribution < 1.29 is 9.53 Å². The molecule has 1 atom stereocenters. The summed E-state index contributed by atoms with van der Waals surface area (Å²) in [6, 6.07) is 9.65. The number of hydrogen-bond donors (Lipinski definition) is 1. The quantitative estimate of drug-likeness (QED) is 0.932. The molecule has 1 saturated heterocycles. The summed E-state index contributed by atoms with van der Waals surface area (Å²) in [5.74, 6) is -0.0340. The standard InChI is InChI=1S/C16H19N3O2/c20-16(18-14-6-3-10-21-12-14)15-7-2-1-5-13(15)11-19-9-4-8-17-19/h1-2,4-5,7-9,14H,3,6,10-12H2,(H,18,20)/t14-/m1/s1. The summed E-state index contributed by atoms with van der Waals surface area (Å²) in [6.45, 7) is 1.99. The molecule has 0 unspecified atom stereocenters. The number of carbonyl (C=O) groups excluding carboxylic acids is 1. The Balaban J connectivity index is 1.73. The largest absolute Gasteiger partial charge is 0.379 e. The van der Waals surface area contributed by atoms with Gasteiger partial charge in [-0.3, -0.25) is 9.48 Å². The van der Waals surface area contributed by atoms with E-state index in [1.54, 1.807) is 6.20 Å². The van der Waals surface area contributed by atoms with E-state index >= 15 is 0 Å². The van der Waals surface area contributed by atoms with E-state index in [1.807, 2.05) is 41.2 Å². The van der Waals surface area contributed by atoms with Gasteiger partial charge in [0.1, 0.15) is 0 Å². The highest BCUT2D eigenvalue weighted by atomic mass is 16.5. The van der Waals surface area contributed by atoms with Crippen LogP contribution in [-0.2, 0) is 11.3 Å². The number of hydrogen-bond acceptors (Lipinski definition) is 3. The summed E-state index contributed by atoms with van der Waals surface area (Å²) in [5.41, 5.74) is 1.68. The molecule has 110 valence electrons. The fourth-order valence-electron chi connectivity index (χ4n) is 2.57. The lowest BCUT2D eigenvalue weighted by Gasteiger charge is -2.23.